The Kier molecular flexibility index (Phi) is 4.85. The summed E-state index contributed by atoms with van der Waals surface area (Å²) in [6.45, 7) is 1.72. The SMILES string of the molecule is O=S(=O)(c1ccc(C(F)(F)F)nc1)N1CCC(NCC2CC2)CC1. The minimum absolute atomic E-state index is 0.195. The molecule has 1 saturated carbocycles. The van der Waals surface area contributed by atoms with Crippen LogP contribution in [-0.4, -0.2) is 43.4 Å². The highest BCUT2D eigenvalue weighted by Crippen LogP contribution is 2.29. The van der Waals surface area contributed by atoms with Gasteiger partial charge in [0.25, 0.3) is 0 Å². The minimum atomic E-state index is -4.58. The highest BCUT2D eigenvalue weighted by Gasteiger charge is 2.34. The van der Waals surface area contributed by atoms with Gasteiger partial charge in [0.15, 0.2) is 0 Å². The monoisotopic (exact) mass is 363 g/mol. The van der Waals surface area contributed by atoms with Gasteiger partial charge in [0.2, 0.25) is 10.0 Å². The number of piperidine rings is 1. The van der Waals surface area contributed by atoms with Crippen LogP contribution >= 0.6 is 0 Å². The first-order valence-electron chi connectivity index (χ1n) is 8.03. The Morgan fingerprint density at radius 2 is 1.83 bits per heavy atom. The fourth-order valence-electron chi connectivity index (χ4n) is 2.81. The van der Waals surface area contributed by atoms with Crippen molar-refractivity contribution in [3.8, 4) is 0 Å². The van der Waals surface area contributed by atoms with Crippen LogP contribution < -0.4 is 5.32 Å². The Labute approximate surface area is 139 Å². The quantitative estimate of drug-likeness (QED) is 0.872. The normalized spacial score (nSPS) is 21.1. The number of aromatic nitrogens is 1. The van der Waals surface area contributed by atoms with E-state index in [4.69, 9.17) is 0 Å². The molecule has 1 aliphatic carbocycles. The van der Waals surface area contributed by atoms with Crippen LogP contribution in [0.5, 0.6) is 0 Å². The lowest BCUT2D eigenvalue weighted by Gasteiger charge is -2.31. The van der Waals surface area contributed by atoms with Gasteiger partial charge in [-0.1, -0.05) is 0 Å². The molecule has 0 spiro atoms. The van der Waals surface area contributed by atoms with Crippen molar-refractivity contribution < 1.29 is 21.6 Å². The highest BCUT2D eigenvalue weighted by atomic mass is 32.2. The fraction of sp³-hybridized carbons (Fsp3) is 0.667. The van der Waals surface area contributed by atoms with Gasteiger partial charge in [-0.2, -0.15) is 17.5 Å². The van der Waals surface area contributed by atoms with Gasteiger partial charge in [-0.25, -0.2) is 8.42 Å². The molecular formula is C15H20F3N3O2S. The molecule has 1 N–H and O–H groups in total. The maximum atomic E-state index is 12.5. The number of sulfonamides is 1. The van der Waals surface area contributed by atoms with Crippen LogP contribution in [0.3, 0.4) is 0 Å². The Morgan fingerprint density at radius 1 is 1.17 bits per heavy atom. The van der Waals surface area contributed by atoms with E-state index in [0.717, 1.165) is 24.7 Å². The first-order chi connectivity index (χ1) is 11.3. The Morgan fingerprint density at radius 3 is 2.33 bits per heavy atom. The molecule has 0 amide bonds. The van der Waals surface area contributed by atoms with Crippen LogP contribution in [0.15, 0.2) is 23.2 Å². The first kappa shape index (κ1) is 17.6. The summed E-state index contributed by atoms with van der Waals surface area (Å²) in [5.74, 6) is 0.769. The number of alkyl halides is 3. The van der Waals surface area contributed by atoms with Gasteiger partial charge in [0.05, 0.1) is 0 Å². The summed E-state index contributed by atoms with van der Waals surface area (Å²) >= 11 is 0. The number of nitrogens with zero attached hydrogens (tertiary/aromatic N) is 2. The zero-order valence-electron chi connectivity index (χ0n) is 13.1. The lowest BCUT2D eigenvalue weighted by Crippen LogP contribution is -2.45. The molecule has 0 radical (unpaired) electrons. The summed E-state index contributed by atoms with van der Waals surface area (Å²) in [6.07, 6.45) is 0.159. The third-order valence-electron chi connectivity index (χ3n) is 4.51. The summed E-state index contributed by atoms with van der Waals surface area (Å²) in [6, 6.07) is 1.99. The van der Waals surface area contributed by atoms with E-state index in [9.17, 15) is 21.6 Å². The van der Waals surface area contributed by atoms with Crippen molar-refractivity contribution in [1.82, 2.24) is 14.6 Å². The number of halogens is 3. The molecule has 5 nitrogen and oxygen atoms in total. The van der Waals surface area contributed by atoms with Gasteiger partial charge in [-0.05, 0) is 50.3 Å². The lowest BCUT2D eigenvalue weighted by molar-refractivity contribution is -0.141. The van der Waals surface area contributed by atoms with Crippen LogP contribution in [0.1, 0.15) is 31.4 Å². The summed E-state index contributed by atoms with van der Waals surface area (Å²) in [5, 5.41) is 3.46. The minimum Gasteiger partial charge on any atom is -0.314 e. The number of rotatable bonds is 5. The molecule has 24 heavy (non-hydrogen) atoms. The summed E-state index contributed by atoms with van der Waals surface area (Å²) in [4.78, 5) is 3.04. The van der Waals surface area contributed by atoms with Crippen molar-refractivity contribution in [3.63, 3.8) is 0 Å². The van der Waals surface area contributed by atoms with Gasteiger partial charge in [-0.3, -0.25) is 4.98 Å². The number of nitrogens with one attached hydrogen (secondary N) is 1. The van der Waals surface area contributed by atoms with E-state index in [1.165, 1.54) is 17.1 Å². The Bertz CT molecular complexity index is 664. The van der Waals surface area contributed by atoms with E-state index in [1.807, 2.05) is 0 Å². The largest absolute Gasteiger partial charge is 0.433 e. The van der Waals surface area contributed by atoms with Gasteiger partial charge in [-0.15, -0.1) is 0 Å². The molecule has 2 aliphatic rings. The smallest absolute Gasteiger partial charge is 0.314 e. The van der Waals surface area contributed by atoms with Crippen molar-refractivity contribution in [2.45, 2.75) is 42.8 Å². The molecule has 0 atom stereocenters. The maximum Gasteiger partial charge on any atom is 0.433 e. The number of hydrogen-bond acceptors (Lipinski definition) is 4. The molecule has 1 saturated heterocycles. The second kappa shape index (κ2) is 6.61. The zero-order chi connectivity index (χ0) is 17.4. The third kappa shape index (κ3) is 4.07. The first-order valence-corrected chi connectivity index (χ1v) is 9.47. The molecule has 1 aliphatic heterocycles. The van der Waals surface area contributed by atoms with E-state index in [-0.39, 0.29) is 4.90 Å². The standard InChI is InChI=1S/C15H20F3N3O2S/c16-15(17,18)14-4-3-13(10-20-14)24(22,23)21-7-5-12(6-8-21)19-9-11-1-2-11/h3-4,10-12,19H,1-2,5-9H2. The molecule has 0 bridgehead atoms. The van der Waals surface area contributed by atoms with Gasteiger partial charge >= 0.3 is 6.18 Å². The van der Waals surface area contributed by atoms with E-state index < -0.39 is 21.9 Å². The molecule has 2 fully saturated rings. The molecule has 3 rings (SSSR count). The van der Waals surface area contributed by atoms with Gasteiger partial charge in [0.1, 0.15) is 10.6 Å². The van der Waals surface area contributed by atoms with Crippen LogP contribution in [0.25, 0.3) is 0 Å². The maximum absolute atomic E-state index is 12.5. The summed E-state index contributed by atoms with van der Waals surface area (Å²) < 4.78 is 63.9. The van der Waals surface area contributed by atoms with Gasteiger partial charge in [0, 0.05) is 25.3 Å². The lowest BCUT2D eigenvalue weighted by atomic mass is 10.1. The van der Waals surface area contributed by atoms with Crippen molar-refractivity contribution in [2.75, 3.05) is 19.6 Å². The molecule has 1 aromatic heterocycles. The second-order valence-electron chi connectivity index (χ2n) is 6.41. The molecule has 1 aromatic rings. The summed E-state index contributed by atoms with van der Waals surface area (Å²) in [7, 11) is -3.79. The predicted molar refractivity (Wildman–Crippen MR) is 81.7 cm³/mol. The van der Waals surface area contributed by atoms with Crippen molar-refractivity contribution >= 4 is 10.0 Å². The topological polar surface area (TPSA) is 62.3 Å². The van der Waals surface area contributed by atoms with Crippen LogP contribution in [0.2, 0.25) is 0 Å². The van der Waals surface area contributed by atoms with Crippen molar-refractivity contribution in [1.29, 1.82) is 0 Å². The van der Waals surface area contributed by atoms with E-state index in [0.29, 0.717) is 38.0 Å². The molecule has 2 heterocycles. The number of hydrogen-bond donors (Lipinski definition) is 1. The fourth-order valence-corrected chi connectivity index (χ4v) is 4.22. The molecular weight excluding hydrogens is 343 g/mol. The molecule has 134 valence electrons. The average Bonchev–Trinajstić information content (AvgIpc) is 3.37. The molecule has 9 heteroatoms. The molecule has 0 aromatic carbocycles. The predicted octanol–water partition coefficient (Wildman–Crippen LogP) is 2.25. The van der Waals surface area contributed by atoms with E-state index in [1.54, 1.807) is 0 Å². The van der Waals surface area contributed by atoms with Crippen LogP contribution in [0.4, 0.5) is 13.2 Å². The second-order valence-corrected chi connectivity index (χ2v) is 8.34. The summed E-state index contributed by atoms with van der Waals surface area (Å²) in [5.41, 5.74) is -1.09. The van der Waals surface area contributed by atoms with Crippen molar-refractivity contribution in [3.05, 3.63) is 24.0 Å². The van der Waals surface area contributed by atoms with E-state index in [2.05, 4.69) is 10.3 Å². The Hall–Kier alpha value is -1.19. The average molecular weight is 363 g/mol. The Balaban J connectivity index is 1.61. The van der Waals surface area contributed by atoms with Crippen LogP contribution in [0, 0.1) is 5.92 Å². The third-order valence-corrected chi connectivity index (χ3v) is 6.39. The van der Waals surface area contributed by atoms with E-state index >= 15 is 0 Å². The van der Waals surface area contributed by atoms with Gasteiger partial charge < -0.3 is 5.32 Å². The van der Waals surface area contributed by atoms with Crippen LogP contribution in [-0.2, 0) is 16.2 Å². The highest BCUT2D eigenvalue weighted by molar-refractivity contribution is 7.89. The number of pyridine rings is 1. The molecule has 0 unspecified atom stereocenters. The van der Waals surface area contributed by atoms with Crippen molar-refractivity contribution in [2.24, 2.45) is 5.92 Å². The zero-order valence-corrected chi connectivity index (χ0v) is 13.9.